The molecular formula is C14H28N2O. The van der Waals surface area contributed by atoms with Crippen LogP contribution in [0.25, 0.3) is 0 Å². The van der Waals surface area contributed by atoms with Crippen molar-refractivity contribution in [3.63, 3.8) is 0 Å². The highest BCUT2D eigenvalue weighted by molar-refractivity contribution is 4.85. The molecule has 3 unspecified atom stereocenters. The van der Waals surface area contributed by atoms with Gasteiger partial charge < -0.3 is 15.0 Å². The van der Waals surface area contributed by atoms with Gasteiger partial charge in [-0.1, -0.05) is 6.92 Å². The molecule has 0 radical (unpaired) electrons. The molecule has 0 amide bonds. The molecule has 3 nitrogen and oxygen atoms in total. The standard InChI is InChI=1S/C14H28N2O/c1-3-13-14(7-6-12(2)15-13)17-11-10-16-8-4-5-9-16/h12-15H,3-11H2,1-2H3. The second kappa shape index (κ2) is 6.72. The van der Waals surface area contributed by atoms with Crippen molar-refractivity contribution >= 4 is 0 Å². The first-order chi connectivity index (χ1) is 8.29. The lowest BCUT2D eigenvalue weighted by Crippen LogP contribution is -2.50. The van der Waals surface area contributed by atoms with Crippen molar-refractivity contribution in [1.29, 1.82) is 0 Å². The van der Waals surface area contributed by atoms with Crippen LogP contribution < -0.4 is 5.32 Å². The second-order valence-corrected chi connectivity index (χ2v) is 5.62. The van der Waals surface area contributed by atoms with E-state index in [9.17, 15) is 0 Å². The van der Waals surface area contributed by atoms with Crippen LogP contribution in [0.15, 0.2) is 0 Å². The Labute approximate surface area is 106 Å². The van der Waals surface area contributed by atoms with Crippen molar-refractivity contribution in [2.24, 2.45) is 0 Å². The molecule has 2 saturated heterocycles. The third-order valence-corrected chi connectivity index (χ3v) is 4.21. The molecule has 2 aliphatic rings. The quantitative estimate of drug-likeness (QED) is 0.795. The molecule has 100 valence electrons. The van der Waals surface area contributed by atoms with Gasteiger partial charge in [-0.25, -0.2) is 0 Å². The molecule has 3 heteroatoms. The summed E-state index contributed by atoms with van der Waals surface area (Å²) in [5.41, 5.74) is 0. The van der Waals surface area contributed by atoms with Gasteiger partial charge in [0.15, 0.2) is 0 Å². The first-order valence-corrected chi connectivity index (χ1v) is 7.39. The van der Waals surface area contributed by atoms with Gasteiger partial charge in [0.1, 0.15) is 0 Å². The van der Waals surface area contributed by atoms with Crippen LogP contribution in [-0.2, 0) is 4.74 Å². The minimum absolute atomic E-state index is 0.443. The van der Waals surface area contributed by atoms with Crippen LogP contribution >= 0.6 is 0 Å². The number of nitrogens with one attached hydrogen (secondary N) is 1. The van der Waals surface area contributed by atoms with E-state index in [2.05, 4.69) is 24.1 Å². The van der Waals surface area contributed by atoms with Crippen molar-refractivity contribution in [2.75, 3.05) is 26.2 Å². The first kappa shape index (κ1) is 13.3. The molecule has 0 aromatic heterocycles. The maximum absolute atomic E-state index is 6.09. The maximum Gasteiger partial charge on any atom is 0.0729 e. The highest BCUT2D eigenvalue weighted by Gasteiger charge is 2.27. The largest absolute Gasteiger partial charge is 0.375 e. The molecule has 17 heavy (non-hydrogen) atoms. The molecule has 2 rings (SSSR count). The molecular weight excluding hydrogens is 212 g/mol. The van der Waals surface area contributed by atoms with Crippen molar-refractivity contribution in [2.45, 2.75) is 64.1 Å². The third-order valence-electron chi connectivity index (χ3n) is 4.21. The molecule has 0 saturated carbocycles. The Hall–Kier alpha value is -0.120. The summed E-state index contributed by atoms with van der Waals surface area (Å²) in [6.07, 6.45) is 6.86. The number of hydrogen-bond acceptors (Lipinski definition) is 3. The molecule has 3 atom stereocenters. The summed E-state index contributed by atoms with van der Waals surface area (Å²) in [5, 5.41) is 3.66. The SMILES string of the molecule is CCC1NC(C)CCC1OCCN1CCCC1. The molecule has 0 bridgehead atoms. The van der Waals surface area contributed by atoms with E-state index in [0.29, 0.717) is 18.2 Å². The van der Waals surface area contributed by atoms with E-state index in [1.54, 1.807) is 0 Å². The van der Waals surface area contributed by atoms with Gasteiger partial charge in [-0.05, 0) is 52.1 Å². The predicted octanol–water partition coefficient (Wildman–Crippen LogP) is 2.02. The summed E-state index contributed by atoms with van der Waals surface area (Å²) in [7, 11) is 0. The number of piperidine rings is 1. The van der Waals surface area contributed by atoms with Crippen molar-refractivity contribution in [3.8, 4) is 0 Å². The van der Waals surface area contributed by atoms with E-state index in [1.807, 2.05) is 0 Å². The summed E-state index contributed by atoms with van der Waals surface area (Å²) in [5.74, 6) is 0. The number of ether oxygens (including phenoxy) is 1. The molecule has 0 aromatic rings. The highest BCUT2D eigenvalue weighted by atomic mass is 16.5. The number of rotatable bonds is 5. The Balaban J connectivity index is 1.66. The third kappa shape index (κ3) is 3.94. The lowest BCUT2D eigenvalue weighted by Gasteiger charge is -2.36. The van der Waals surface area contributed by atoms with Gasteiger partial charge in [-0.2, -0.15) is 0 Å². The molecule has 0 aliphatic carbocycles. The summed E-state index contributed by atoms with van der Waals surface area (Å²) < 4.78 is 6.09. The number of likely N-dealkylation sites (tertiary alicyclic amines) is 1. The topological polar surface area (TPSA) is 24.5 Å². The van der Waals surface area contributed by atoms with Gasteiger partial charge in [0.05, 0.1) is 12.7 Å². The maximum atomic E-state index is 6.09. The lowest BCUT2D eigenvalue weighted by molar-refractivity contribution is -0.00748. The minimum atomic E-state index is 0.443. The van der Waals surface area contributed by atoms with Gasteiger partial charge in [0.25, 0.3) is 0 Å². The summed E-state index contributed by atoms with van der Waals surface area (Å²) >= 11 is 0. The Morgan fingerprint density at radius 3 is 2.71 bits per heavy atom. The van der Waals surface area contributed by atoms with E-state index >= 15 is 0 Å². The van der Waals surface area contributed by atoms with E-state index < -0.39 is 0 Å². The van der Waals surface area contributed by atoms with E-state index in [1.165, 1.54) is 45.2 Å². The van der Waals surface area contributed by atoms with E-state index in [-0.39, 0.29) is 0 Å². The molecule has 2 heterocycles. The molecule has 2 fully saturated rings. The highest BCUT2D eigenvalue weighted by Crippen LogP contribution is 2.19. The van der Waals surface area contributed by atoms with Crippen LogP contribution in [0.3, 0.4) is 0 Å². The Kier molecular flexibility index (Phi) is 5.26. The van der Waals surface area contributed by atoms with Gasteiger partial charge in [-0.3, -0.25) is 0 Å². The van der Waals surface area contributed by atoms with Crippen LogP contribution in [-0.4, -0.2) is 49.3 Å². The average molecular weight is 240 g/mol. The monoisotopic (exact) mass is 240 g/mol. The Morgan fingerprint density at radius 1 is 1.24 bits per heavy atom. The second-order valence-electron chi connectivity index (χ2n) is 5.62. The number of nitrogens with zero attached hydrogens (tertiary/aromatic N) is 1. The lowest BCUT2D eigenvalue weighted by atomic mass is 9.95. The molecule has 1 N–H and O–H groups in total. The van der Waals surface area contributed by atoms with Crippen molar-refractivity contribution in [3.05, 3.63) is 0 Å². The van der Waals surface area contributed by atoms with Gasteiger partial charge in [0, 0.05) is 18.6 Å². The van der Waals surface area contributed by atoms with Crippen molar-refractivity contribution < 1.29 is 4.74 Å². The predicted molar refractivity (Wildman–Crippen MR) is 71.3 cm³/mol. The first-order valence-electron chi connectivity index (χ1n) is 7.39. The number of hydrogen-bond donors (Lipinski definition) is 1. The fraction of sp³-hybridized carbons (Fsp3) is 1.00. The van der Waals surface area contributed by atoms with Crippen LogP contribution in [0.2, 0.25) is 0 Å². The minimum Gasteiger partial charge on any atom is -0.375 e. The Bertz CT molecular complexity index is 216. The van der Waals surface area contributed by atoms with Crippen LogP contribution in [0, 0.1) is 0 Å². The van der Waals surface area contributed by atoms with Crippen molar-refractivity contribution in [1.82, 2.24) is 10.2 Å². The summed E-state index contributed by atoms with van der Waals surface area (Å²) in [6.45, 7) is 9.14. The zero-order chi connectivity index (χ0) is 12.1. The normalized spacial score (nSPS) is 35.3. The average Bonchev–Trinajstić information content (AvgIpc) is 2.84. The van der Waals surface area contributed by atoms with Crippen LogP contribution in [0.5, 0.6) is 0 Å². The Morgan fingerprint density at radius 2 is 2.00 bits per heavy atom. The summed E-state index contributed by atoms with van der Waals surface area (Å²) in [6, 6.07) is 1.23. The van der Waals surface area contributed by atoms with E-state index in [4.69, 9.17) is 4.74 Å². The zero-order valence-electron chi connectivity index (χ0n) is 11.5. The van der Waals surface area contributed by atoms with Gasteiger partial charge >= 0.3 is 0 Å². The summed E-state index contributed by atoms with van der Waals surface area (Å²) in [4.78, 5) is 2.53. The van der Waals surface area contributed by atoms with Crippen LogP contribution in [0.1, 0.15) is 46.0 Å². The molecule has 0 aromatic carbocycles. The fourth-order valence-electron chi connectivity index (χ4n) is 3.09. The fourth-order valence-corrected chi connectivity index (χ4v) is 3.09. The van der Waals surface area contributed by atoms with Gasteiger partial charge in [-0.15, -0.1) is 0 Å². The molecule has 0 spiro atoms. The molecule has 2 aliphatic heterocycles. The van der Waals surface area contributed by atoms with Crippen LogP contribution in [0.4, 0.5) is 0 Å². The van der Waals surface area contributed by atoms with Gasteiger partial charge in [0.2, 0.25) is 0 Å². The van der Waals surface area contributed by atoms with E-state index in [0.717, 1.165) is 13.2 Å². The zero-order valence-corrected chi connectivity index (χ0v) is 11.5. The smallest absolute Gasteiger partial charge is 0.0729 e.